The maximum absolute atomic E-state index is 11.8. The fourth-order valence-corrected chi connectivity index (χ4v) is 2.46. The molecule has 0 aliphatic rings. The average Bonchev–Trinajstić information content (AvgIpc) is 2.63. The van der Waals surface area contributed by atoms with Gasteiger partial charge >= 0.3 is 5.97 Å². The molecule has 0 saturated heterocycles. The quantitative estimate of drug-likeness (QED) is 0.702. The van der Waals surface area contributed by atoms with Crippen LogP contribution in [0.15, 0.2) is 11.1 Å². The molecule has 0 amide bonds. The van der Waals surface area contributed by atoms with E-state index in [2.05, 4.69) is 19.7 Å². The highest BCUT2D eigenvalue weighted by Crippen LogP contribution is 2.11. The Bertz CT molecular complexity index is 479. The zero-order valence-corrected chi connectivity index (χ0v) is 9.96. The highest BCUT2D eigenvalue weighted by Gasteiger charge is 2.24. The summed E-state index contributed by atoms with van der Waals surface area (Å²) in [5.74, 6) is -0.648. The Morgan fingerprint density at radius 1 is 1.62 bits per heavy atom. The molecule has 0 saturated carbocycles. The van der Waals surface area contributed by atoms with Gasteiger partial charge in [0.05, 0.1) is 19.0 Å². The number of rotatable bonds is 4. The Kier molecular flexibility index (Phi) is 3.66. The highest BCUT2D eigenvalue weighted by atomic mass is 32.2. The minimum absolute atomic E-state index is 0.0169. The van der Waals surface area contributed by atoms with Gasteiger partial charge in [0.15, 0.2) is 0 Å². The molecule has 1 rings (SSSR count). The summed E-state index contributed by atoms with van der Waals surface area (Å²) in [4.78, 5) is 11.1. The fraction of sp³-hybridized carbons (Fsp3) is 0.500. The smallest absolute Gasteiger partial charge is 0.323 e. The van der Waals surface area contributed by atoms with Crippen LogP contribution in [-0.2, 0) is 19.6 Å². The molecule has 1 heterocycles. The Balaban J connectivity index is 2.89. The summed E-state index contributed by atoms with van der Waals surface area (Å²) in [6, 6.07) is -0.940. The van der Waals surface area contributed by atoms with Gasteiger partial charge in [-0.05, 0) is 13.8 Å². The molecule has 16 heavy (non-hydrogen) atoms. The van der Waals surface area contributed by atoms with Crippen LogP contribution < -0.4 is 4.72 Å². The van der Waals surface area contributed by atoms with E-state index >= 15 is 0 Å². The third kappa shape index (κ3) is 2.58. The van der Waals surface area contributed by atoms with E-state index in [0.29, 0.717) is 5.69 Å². The summed E-state index contributed by atoms with van der Waals surface area (Å²) in [5, 5.41) is 6.11. The normalized spacial score (nSPS) is 13.4. The van der Waals surface area contributed by atoms with Crippen molar-refractivity contribution < 1.29 is 17.9 Å². The molecule has 0 spiro atoms. The van der Waals surface area contributed by atoms with Crippen LogP contribution in [0.5, 0.6) is 0 Å². The van der Waals surface area contributed by atoms with E-state index < -0.39 is 22.0 Å². The van der Waals surface area contributed by atoms with E-state index in [1.165, 1.54) is 20.2 Å². The van der Waals surface area contributed by atoms with Crippen molar-refractivity contribution in [2.75, 3.05) is 7.11 Å². The first-order valence-corrected chi connectivity index (χ1v) is 5.97. The summed E-state index contributed by atoms with van der Waals surface area (Å²) >= 11 is 0. The minimum atomic E-state index is -3.75. The standard InChI is InChI=1S/C8H13N3O4S/c1-5-7(4-9-10-5)16(13,14)11-6(2)8(12)15-3/h4,6,11H,1-3H3,(H,9,10)/t6-/m0/s1. The number of aromatic nitrogens is 2. The predicted molar refractivity (Wildman–Crippen MR) is 55.1 cm³/mol. The molecule has 0 bridgehead atoms. The maximum Gasteiger partial charge on any atom is 0.323 e. The number of aromatic amines is 1. The topological polar surface area (TPSA) is 101 Å². The molecule has 0 aromatic carbocycles. The summed E-state index contributed by atoms with van der Waals surface area (Å²) in [6.45, 7) is 2.98. The van der Waals surface area contributed by atoms with Gasteiger partial charge in [0.2, 0.25) is 10.0 Å². The lowest BCUT2D eigenvalue weighted by molar-refractivity contribution is -0.142. The molecule has 2 N–H and O–H groups in total. The molecule has 0 radical (unpaired) electrons. The van der Waals surface area contributed by atoms with Gasteiger partial charge in [0.25, 0.3) is 0 Å². The number of nitrogens with one attached hydrogen (secondary N) is 2. The zero-order chi connectivity index (χ0) is 12.3. The number of ether oxygens (including phenoxy) is 1. The number of carbonyl (C=O) groups is 1. The lowest BCUT2D eigenvalue weighted by Crippen LogP contribution is -2.39. The van der Waals surface area contributed by atoms with Crippen molar-refractivity contribution in [3.05, 3.63) is 11.9 Å². The number of esters is 1. The SMILES string of the molecule is COC(=O)[C@H](C)NS(=O)(=O)c1cn[nH]c1C. The molecule has 8 heteroatoms. The summed E-state index contributed by atoms with van der Waals surface area (Å²) in [7, 11) is -2.56. The number of sulfonamides is 1. The van der Waals surface area contributed by atoms with Crippen LogP contribution in [0, 0.1) is 6.92 Å². The monoisotopic (exact) mass is 247 g/mol. The van der Waals surface area contributed by atoms with Crippen LogP contribution in [0.2, 0.25) is 0 Å². The van der Waals surface area contributed by atoms with Gasteiger partial charge in [-0.25, -0.2) is 8.42 Å². The summed E-state index contributed by atoms with van der Waals surface area (Å²) in [6.07, 6.45) is 1.18. The van der Waals surface area contributed by atoms with E-state index in [9.17, 15) is 13.2 Å². The van der Waals surface area contributed by atoms with Gasteiger partial charge in [0, 0.05) is 0 Å². The zero-order valence-electron chi connectivity index (χ0n) is 9.14. The number of carbonyl (C=O) groups excluding carboxylic acids is 1. The predicted octanol–water partition coefficient (Wildman–Crippen LogP) is -0.442. The maximum atomic E-state index is 11.8. The molecule has 1 aromatic heterocycles. The van der Waals surface area contributed by atoms with Gasteiger partial charge < -0.3 is 4.74 Å². The van der Waals surface area contributed by atoms with Gasteiger partial charge in [0.1, 0.15) is 10.9 Å². The number of aryl methyl sites for hydroxylation is 1. The van der Waals surface area contributed by atoms with Gasteiger partial charge in [-0.3, -0.25) is 9.89 Å². The third-order valence-corrected chi connectivity index (χ3v) is 3.61. The van der Waals surface area contributed by atoms with Gasteiger partial charge in [-0.15, -0.1) is 0 Å². The largest absolute Gasteiger partial charge is 0.468 e. The molecular weight excluding hydrogens is 234 g/mol. The van der Waals surface area contributed by atoms with Crippen molar-refractivity contribution in [3.8, 4) is 0 Å². The van der Waals surface area contributed by atoms with Crippen molar-refractivity contribution in [3.63, 3.8) is 0 Å². The van der Waals surface area contributed by atoms with Crippen LogP contribution in [0.4, 0.5) is 0 Å². The molecule has 7 nitrogen and oxygen atoms in total. The van der Waals surface area contributed by atoms with Crippen LogP contribution >= 0.6 is 0 Å². The van der Waals surface area contributed by atoms with Crippen LogP contribution in [0.3, 0.4) is 0 Å². The van der Waals surface area contributed by atoms with Crippen molar-refractivity contribution in [2.24, 2.45) is 0 Å². The van der Waals surface area contributed by atoms with Crippen LogP contribution in [-0.4, -0.2) is 37.7 Å². The number of nitrogens with zero attached hydrogens (tertiary/aromatic N) is 1. The van der Waals surface area contributed by atoms with Gasteiger partial charge in [-0.2, -0.15) is 9.82 Å². The molecule has 0 aliphatic heterocycles. The van der Waals surface area contributed by atoms with E-state index in [-0.39, 0.29) is 4.90 Å². The second-order valence-electron chi connectivity index (χ2n) is 3.23. The highest BCUT2D eigenvalue weighted by molar-refractivity contribution is 7.89. The Morgan fingerprint density at radius 3 is 2.69 bits per heavy atom. The Labute approximate surface area is 93.2 Å². The average molecular weight is 247 g/mol. The second-order valence-corrected chi connectivity index (χ2v) is 4.91. The molecular formula is C8H13N3O4S. The summed E-state index contributed by atoms with van der Waals surface area (Å²) in [5.41, 5.74) is 0.407. The molecule has 1 aromatic rings. The van der Waals surface area contributed by atoms with Gasteiger partial charge in [-0.1, -0.05) is 0 Å². The number of methoxy groups -OCH3 is 1. The molecule has 0 unspecified atom stereocenters. The van der Waals surface area contributed by atoms with Crippen LogP contribution in [0.25, 0.3) is 0 Å². The lowest BCUT2D eigenvalue weighted by Gasteiger charge is -2.11. The van der Waals surface area contributed by atoms with E-state index in [4.69, 9.17) is 0 Å². The van der Waals surface area contributed by atoms with Crippen molar-refractivity contribution in [1.29, 1.82) is 0 Å². The minimum Gasteiger partial charge on any atom is -0.468 e. The second kappa shape index (κ2) is 4.62. The van der Waals surface area contributed by atoms with E-state index in [1.807, 2.05) is 0 Å². The van der Waals surface area contributed by atoms with Crippen molar-refractivity contribution in [1.82, 2.24) is 14.9 Å². The number of H-pyrrole nitrogens is 1. The molecule has 90 valence electrons. The van der Waals surface area contributed by atoms with Crippen molar-refractivity contribution >= 4 is 16.0 Å². The Hall–Kier alpha value is -1.41. The fourth-order valence-electron chi connectivity index (χ4n) is 1.13. The molecule has 1 atom stereocenters. The van der Waals surface area contributed by atoms with E-state index in [0.717, 1.165) is 0 Å². The van der Waals surface area contributed by atoms with Crippen LogP contribution in [0.1, 0.15) is 12.6 Å². The van der Waals surface area contributed by atoms with E-state index in [1.54, 1.807) is 6.92 Å². The molecule has 0 aliphatic carbocycles. The first-order valence-electron chi connectivity index (χ1n) is 4.48. The third-order valence-electron chi connectivity index (χ3n) is 1.96. The van der Waals surface area contributed by atoms with Crippen molar-refractivity contribution in [2.45, 2.75) is 24.8 Å². The first kappa shape index (κ1) is 12.7. The summed E-state index contributed by atoms with van der Waals surface area (Å²) < 4.78 is 30.1. The lowest BCUT2D eigenvalue weighted by atomic mass is 10.4. The molecule has 0 fully saturated rings. The Morgan fingerprint density at radius 2 is 2.25 bits per heavy atom. The number of hydrogen-bond donors (Lipinski definition) is 2. The number of hydrogen-bond acceptors (Lipinski definition) is 5. The first-order chi connectivity index (χ1) is 7.38.